The quantitative estimate of drug-likeness (QED) is 0.814. The highest BCUT2D eigenvalue weighted by Gasteiger charge is 2.24. The van der Waals surface area contributed by atoms with Crippen molar-refractivity contribution in [2.45, 2.75) is 31.7 Å². The molecule has 15 heavy (non-hydrogen) atoms. The topological polar surface area (TPSA) is 26.0 Å². The van der Waals surface area contributed by atoms with E-state index in [2.05, 4.69) is 0 Å². The first-order chi connectivity index (χ1) is 7.16. The lowest BCUT2D eigenvalue weighted by Gasteiger charge is -2.12. The summed E-state index contributed by atoms with van der Waals surface area (Å²) in [6.45, 7) is 0. The van der Waals surface area contributed by atoms with E-state index in [1.807, 2.05) is 0 Å². The number of benzene rings is 1. The maximum atomic E-state index is 13.3. The maximum absolute atomic E-state index is 13.3. The molecule has 0 aromatic heterocycles. The molecule has 0 aliphatic heterocycles. The molecule has 1 aliphatic rings. The van der Waals surface area contributed by atoms with Crippen molar-refractivity contribution in [1.82, 2.24) is 0 Å². The Kier molecular flexibility index (Phi) is 3.00. The molecule has 3 heteroatoms. The van der Waals surface area contributed by atoms with Crippen LogP contribution in [0, 0.1) is 17.6 Å². The first-order valence-corrected chi connectivity index (χ1v) is 5.35. The van der Waals surface area contributed by atoms with Crippen molar-refractivity contribution in [3.05, 3.63) is 35.4 Å². The molecule has 0 saturated heterocycles. The highest BCUT2D eigenvalue weighted by Crippen LogP contribution is 2.33. The van der Waals surface area contributed by atoms with Gasteiger partial charge < -0.3 is 5.73 Å². The van der Waals surface area contributed by atoms with E-state index in [-0.39, 0.29) is 11.6 Å². The fraction of sp³-hybridized carbons (Fsp3) is 0.500. The maximum Gasteiger partial charge on any atom is 0.129 e. The number of nitrogens with two attached hydrogens (primary N) is 1. The van der Waals surface area contributed by atoms with Crippen molar-refractivity contribution in [2.75, 3.05) is 0 Å². The van der Waals surface area contributed by atoms with Crippen LogP contribution in [0.2, 0.25) is 0 Å². The monoisotopic (exact) mass is 211 g/mol. The molecular weight excluding hydrogens is 196 g/mol. The van der Waals surface area contributed by atoms with Gasteiger partial charge in [0.15, 0.2) is 0 Å². The van der Waals surface area contributed by atoms with Crippen LogP contribution in [0.4, 0.5) is 8.78 Å². The summed E-state index contributed by atoms with van der Waals surface area (Å²) in [7, 11) is 0. The van der Waals surface area contributed by atoms with Crippen LogP contribution >= 0.6 is 0 Å². The molecule has 1 atom stereocenters. The summed E-state index contributed by atoms with van der Waals surface area (Å²) in [6.07, 6.45) is 3.61. The predicted octanol–water partition coefficient (Wildman–Crippen LogP) is 2.63. The average Bonchev–Trinajstić information content (AvgIpc) is 2.95. The zero-order chi connectivity index (χ0) is 10.8. The molecule has 0 amide bonds. The molecule has 1 aromatic carbocycles. The molecule has 82 valence electrons. The van der Waals surface area contributed by atoms with Gasteiger partial charge in [0.05, 0.1) is 0 Å². The summed E-state index contributed by atoms with van der Waals surface area (Å²) in [5.41, 5.74) is 5.98. The fourth-order valence-electron chi connectivity index (χ4n) is 1.85. The van der Waals surface area contributed by atoms with Gasteiger partial charge in [-0.1, -0.05) is 18.9 Å². The Morgan fingerprint density at radius 1 is 1.27 bits per heavy atom. The minimum absolute atomic E-state index is 0.121. The van der Waals surface area contributed by atoms with Gasteiger partial charge >= 0.3 is 0 Å². The van der Waals surface area contributed by atoms with Crippen LogP contribution in [0.1, 0.15) is 24.8 Å². The van der Waals surface area contributed by atoms with Crippen molar-refractivity contribution < 1.29 is 8.78 Å². The van der Waals surface area contributed by atoms with Crippen LogP contribution in [0.5, 0.6) is 0 Å². The van der Waals surface area contributed by atoms with E-state index < -0.39 is 11.6 Å². The summed E-state index contributed by atoms with van der Waals surface area (Å²) in [5, 5.41) is 0. The smallest absolute Gasteiger partial charge is 0.129 e. The van der Waals surface area contributed by atoms with E-state index in [0.717, 1.165) is 6.42 Å². The molecule has 0 heterocycles. The first kappa shape index (κ1) is 10.6. The second kappa shape index (κ2) is 4.27. The standard InChI is InChI=1S/C12H15F2N/c13-11-2-1-3-12(14)10(11)7-9(15)6-8-4-5-8/h1-3,8-9H,4-7,15H2. The Balaban J connectivity index is 2.01. The van der Waals surface area contributed by atoms with Crippen LogP contribution in [-0.4, -0.2) is 6.04 Å². The van der Waals surface area contributed by atoms with Crippen LogP contribution in [0.15, 0.2) is 18.2 Å². The Bertz CT molecular complexity index is 327. The predicted molar refractivity (Wildman–Crippen MR) is 55.4 cm³/mol. The van der Waals surface area contributed by atoms with E-state index in [1.54, 1.807) is 0 Å². The molecule has 1 aromatic rings. The Labute approximate surface area is 88.3 Å². The van der Waals surface area contributed by atoms with Gasteiger partial charge in [0.1, 0.15) is 11.6 Å². The van der Waals surface area contributed by atoms with Gasteiger partial charge in [-0.05, 0) is 30.9 Å². The van der Waals surface area contributed by atoms with E-state index in [9.17, 15) is 8.78 Å². The highest BCUT2D eigenvalue weighted by molar-refractivity contribution is 5.20. The summed E-state index contributed by atoms with van der Waals surface area (Å²) in [4.78, 5) is 0. The average molecular weight is 211 g/mol. The van der Waals surface area contributed by atoms with Gasteiger partial charge in [0, 0.05) is 11.6 Å². The van der Waals surface area contributed by atoms with Crippen LogP contribution in [0.25, 0.3) is 0 Å². The van der Waals surface area contributed by atoms with Crippen molar-refractivity contribution in [3.8, 4) is 0 Å². The van der Waals surface area contributed by atoms with Gasteiger partial charge in [0.2, 0.25) is 0 Å². The third-order valence-electron chi connectivity index (χ3n) is 2.86. The van der Waals surface area contributed by atoms with Gasteiger partial charge in [-0.3, -0.25) is 0 Å². The molecule has 2 N–H and O–H groups in total. The summed E-state index contributed by atoms with van der Waals surface area (Å²) in [5.74, 6) is -0.280. The van der Waals surface area contributed by atoms with Crippen LogP contribution < -0.4 is 5.73 Å². The van der Waals surface area contributed by atoms with Gasteiger partial charge in [-0.15, -0.1) is 0 Å². The Morgan fingerprint density at radius 2 is 1.87 bits per heavy atom. The lowest BCUT2D eigenvalue weighted by molar-refractivity contribution is 0.510. The number of halogens is 2. The van der Waals surface area contributed by atoms with E-state index in [1.165, 1.54) is 31.0 Å². The Morgan fingerprint density at radius 3 is 2.40 bits per heavy atom. The lowest BCUT2D eigenvalue weighted by atomic mass is 10.0. The normalized spacial score (nSPS) is 17.8. The summed E-state index contributed by atoms with van der Waals surface area (Å²) in [6, 6.07) is 3.81. The van der Waals surface area contributed by atoms with Crippen LogP contribution in [0.3, 0.4) is 0 Å². The third kappa shape index (κ3) is 2.75. The molecule has 0 radical (unpaired) electrons. The number of hydrogen-bond donors (Lipinski definition) is 1. The minimum Gasteiger partial charge on any atom is -0.327 e. The minimum atomic E-state index is -0.485. The molecule has 0 bridgehead atoms. The van der Waals surface area contributed by atoms with E-state index in [0.29, 0.717) is 12.3 Å². The van der Waals surface area contributed by atoms with Crippen LogP contribution in [-0.2, 0) is 6.42 Å². The van der Waals surface area contributed by atoms with Gasteiger partial charge in [-0.2, -0.15) is 0 Å². The number of rotatable bonds is 4. The lowest BCUT2D eigenvalue weighted by Crippen LogP contribution is -2.24. The zero-order valence-corrected chi connectivity index (χ0v) is 8.55. The number of hydrogen-bond acceptors (Lipinski definition) is 1. The van der Waals surface area contributed by atoms with Gasteiger partial charge in [0.25, 0.3) is 0 Å². The van der Waals surface area contributed by atoms with Crippen molar-refractivity contribution >= 4 is 0 Å². The second-order valence-electron chi connectivity index (χ2n) is 4.34. The largest absolute Gasteiger partial charge is 0.327 e. The van der Waals surface area contributed by atoms with Crippen molar-refractivity contribution in [3.63, 3.8) is 0 Å². The molecule has 2 rings (SSSR count). The summed E-state index contributed by atoms with van der Waals surface area (Å²) >= 11 is 0. The van der Waals surface area contributed by atoms with Gasteiger partial charge in [-0.25, -0.2) is 8.78 Å². The SMILES string of the molecule is NC(Cc1c(F)cccc1F)CC1CC1. The molecule has 1 aliphatic carbocycles. The molecule has 1 nitrogen and oxygen atoms in total. The van der Waals surface area contributed by atoms with Crippen molar-refractivity contribution in [2.24, 2.45) is 11.7 Å². The molecule has 1 fully saturated rings. The second-order valence-corrected chi connectivity index (χ2v) is 4.34. The molecule has 0 spiro atoms. The molecule has 1 unspecified atom stereocenters. The zero-order valence-electron chi connectivity index (χ0n) is 8.55. The summed E-state index contributed by atoms with van der Waals surface area (Å²) < 4.78 is 26.5. The molecular formula is C12H15F2N. The molecule has 1 saturated carbocycles. The first-order valence-electron chi connectivity index (χ1n) is 5.35. The fourth-order valence-corrected chi connectivity index (χ4v) is 1.85. The van der Waals surface area contributed by atoms with E-state index >= 15 is 0 Å². The Hall–Kier alpha value is -0.960. The van der Waals surface area contributed by atoms with Crippen molar-refractivity contribution in [1.29, 1.82) is 0 Å². The van der Waals surface area contributed by atoms with E-state index in [4.69, 9.17) is 5.73 Å². The highest BCUT2D eigenvalue weighted by atomic mass is 19.1. The third-order valence-corrected chi connectivity index (χ3v) is 2.86.